The van der Waals surface area contributed by atoms with Crippen LogP contribution in [0.3, 0.4) is 0 Å². The van der Waals surface area contributed by atoms with Gasteiger partial charge in [0.2, 0.25) is 0 Å². The molecule has 0 spiro atoms. The predicted molar refractivity (Wildman–Crippen MR) is 72.1 cm³/mol. The summed E-state index contributed by atoms with van der Waals surface area (Å²) in [7, 11) is 1.29. The van der Waals surface area contributed by atoms with Gasteiger partial charge in [0.1, 0.15) is 4.88 Å². The molecule has 0 fully saturated rings. The zero-order chi connectivity index (χ0) is 14.0. The molecular formula is C12H10ClNO4S. The normalized spacial score (nSPS) is 10.3. The molecule has 2 aromatic heterocycles. The van der Waals surface area contributed by atoms with Gasteiger partial charge in [0, 0.05) is 0 Å². The van der Waals surface area contributed by atoms with Crippen LogP contribution in [-0.2, 0) is 4.74 Å². The third-order valence-corrected chi connectivity index (χ3v) is 3.66. The highest BCUT2D eigenvalue weighted by molar-refractivity contribution is 7.12. The molecule has 0 aliphatic rings. The van der Waals surface area contributed by atoms with Crippen molar-refractivity contribution in [1.29, 1.82) is 0 Å². The molecule has 5 nitrogen and oxygen atoms in total. The van der Waals surface area contributed by atoms with Crippen LogP contribution < -0.4 is 5.32 Å². The molecule has 0 aliphatic heterocycles. The number of amides is 1. The van der Waals surface area contributed by atoms with Gasteiger partial charge in [0.25, 0.3) is 5.91 Å². The first kappa shape index (κ1) is 13.6. The van der Waals surface area contributed by atoms with E-state index >= 15 is 0 Å². The largest absolute Gasteiger partial charge is 0.465 e. The Bertz CT molecular complexity index is 631. The molecule has 2 aromatic rings. The molecule has 2 rings (SSSR count). The minimum atomic E-state index is -0.495. The lowest BCUT2D eigenvalue weighted by molar-refractivity contribution is 0.0607. The second-order valence-corrected chi connectivity index (χ2v) is 4.92. The van der Waals surface area contributed by atoms with E-state index in [1.54, 1.807) is 12.3 Å². The Morgan fingerprint density at radius 1 is 1.42 bits per heavy atom. The molecule has 7 heteroatoms. The maximum Gasteiger partial charge on any atom is 0.350 e. The molecule has 0 aliphatic carbocycles. The summed E-state index contributed by atoms with van der Waals surface area (Å²) >= 11 is 6.81. The number of methoxy groups -OCH3 is 1. The Morgan fingerprint density at radius 2 is 2.16 bits per heavy atom. The minimum Gasteiger partial charge on any atom is -0.465 e. The fourth-order valence-electron chi connectivity index (χ4n) is 1.45. The van der Waals surface area contributed by atoms with E-state index in [1.165, 1.54) is 30.6 Å². The number of esters is 1. The molecule has 100 valence electrons. The number of hydrogen-bond donors (Lipinski definition) is 1. The summed E-state index contributed by atoms with van der Waals surface area (Å²) in [4.78, 5) is 23.8. The van der Waals surface area contributed by atoms with Crippen molar-refractivity contribution in [2.24, 2.45) is 0 Å². The van der Waals surface area contributed by atoms with Gasteiger partial charge in [-0.25, -0.2) is 4.79 Å². The number of carbonyl (C=O) groups is 2. The van der Waals surface area contributed by atoms with Crippen molar-refractivity contribution in [2.75, 3.05) is 12.4 Å². The Labute approximate surface area is 118 Å². The fourth-order valence-corrected chi connectivity index (χ4v) is 2.52. The molecule has 1 N–H and O–H groups in total. The maximum absolute atomic E-state index is 11.9. The molecule has 0 saturated heterocycles. The summed E-state index contributed by atoms with van der Waals surface area (Å²) in [5.74, 6) is -0.893. The molecule has 1 amide bonds. The Hall–Kier alpha value is -1.79. The van der Waals surface area contributed by atoms with Crippen LogP contribution in [0.5, 0.6) is 0 Å². The number of ether oxygens (including phenoxy) is 1. The van der Waals surface area contributed by atoms with Crippen molar-refractivity contribution in [1.82, 2.24) is 0 Å². The van der Waals surface area contributed by atoms with E-state index in [1.807, 2.05) is 0 Å². The molecular weight excluding hydrogens is 290 g/mol. The highest BCUT2D eigenvalue weighted by Crippen LogP contribution is 2.29. The van der Waals surface area contributed by atoms with Crippen LogP contribution in [0.1, 0.15) is 25.8 Å². The lowest BCUT2D eigenvalue weighted by Gasteiger charge is -2.05. The fraction of sp³-hybridized carbons (Fsp3) is 0.167. The summed E-state index contributed by atoms with van der Waals surface area (Å²) in [5, 5.41) is 4.51. The van der Waals surface area contributed by atoms with Crippen molar-refractivity contribution in [3.05, 3.63) is 38.9 Å². The van der Waals surface area contributed by atoms with E-state index in [9.17, 15) is 9.59 Å². The van der Waals surface area contributed by atoms with Gasteiger partial charge in [-0.05, 0) is 41.6 Å². The van der Waals surface area contributed by atoms with Crippen molar-refractivity contribution in [3.8, 4) is 0 Å². The monoisotopic (exact) mass is 299 g/mol. The Kier molecular flexibility index (Phi) is 3.92. The van der Waals surface area contributed by atoms with Crippen molar-refractivity contribution >= 4 is 40.5 Å². The molecule has 0 atom stereocenters. The first-order valence-corrected chi connectivity index (χ1v) is 6.51. The summed E-state index contributed by atoms with van der Waals surface area (Å²) < 4.78 is 9.66. The van der Waals surface area contributed by atoms with E-state index < -0.39 is 11.9 Å². The predicted octanol–water partition coefficient (Wildman–Crippen LogP) is 3.34. The van der Waals surface area contributed by atoms with Crippen molar-refractivity contribution in [3.63, 3.8) is 0 Å². The van der Waals surface area contributed by atoms with Gasteiger partial charge < -0.3 is 14.5 Å². The first-order valence-electron chi connectivity index (χ1n) is 5.26. The van der Waals surface area contributed by atoms with Crippen LogP contribution in [0.4, 0.5) is 5.69 Å². The average molecular weight is 300 g/mol. The second-order valence-electron chi connectivity index (χ2n) is 3.67. The number of hydrogen-bond acceptors (Lipinski definition) is 5. The van der Waals surface area contributed by atoms with Crippen molar-refractivity contribution in [2.45, 2.75) is 6.92 Å². The van der Waals surface area contributed by atoms with Crippen LogP contribution in [0.2, 0.25) is 5.22 Å². The summed E-state index contributed by atoms with van der Waals surface area (Å²) in [6.45, 7) is 1.79. The first-order chi connectivity index (χ1) is 9.02. The van der Waals surface area contributed by atoms with Crippen LogP contribution in [0.25, 0.3) is 0 Å². The molecule has 19 heavy (non-hydrogen) atoms. The standard InChI is InChI=1S/C12H10ClNO4S/c1-6-5-19-10(12(16)17-2)9(6)14-11(15)7-3-4-8(13)18-7/h3-5H,1-2H3,(H,14,15). The smallest absolute Gasteiger partial charge is 0.350 e. The number of furan rings is 1. The lowest BCUT2D eigenvalue weighted by Crippen LogP contribution is -2.14. The van der Waals surface area contributed by atoms with Crippen LogP contribution >= 0.6 is 22.9 Å². The SMILES string of the molecule is COC(=O)c1scc(C)c1NC(=O)c1ccc(Cl)o1. The molecule has 0 aromatic carbocycles. The molecule has 0 saturated carbocycles. The van der Waals surface area contributed by atoms with Gasteiger partial charge in [-0.3, -0.25) is 4.79 Å². The number of rotatable bonds is 3. The molecule has 0 radical (unpaired) electrons. The third kappa shape index (κ3) is 2.80. The number of anilines is 1. The van der Waals surface area contributed by atoms with Crippen LogP contribution in [0.15, 0.2) is 21.9 Å². The van der Waals surface area contributed by atoms with Gasteiger partial charge in [0.15, 0.2) is 11.0 Å². The van der Waals surface area contributed by atoms with E-state index in [0.29, 0.717) is 10.6 Å². The molecule has 2 heterocycles. The van der Waals surface area contributed by atoms with E-state index in [2.05, 4.69) is 10.1 Å². The topological polar surface area (TPSA) is 68.5 Å². The summed E-state index contributed by atoms with van der Waals surface area (Å²) in [6, 6.07) is 2.93. The summed E-state index contributed by atoms with van der Waals surface area (Å²) in [5.41, 5.74) is 1.20. The van der Waals surface area contributed by atoms with E-state index in [4.69, 9.17) is 16.0 Å². The van der Waals surface area contributed by atoms with Crippen molar-refractivity contribution < 1.29 is 18.7 Å². The molecule has 0 bridgehead atoms. The number of carbonyl (C=O) groups excluding carboxylic acids is 2. The van der Waals surface area contributed by atoms with E-state index in [0.717, 1.165) is 5.56 Å². The Morgan fingerprint density at radius 3 is 2.74 bits per heavy atom. The van der Waals surface area contributed by atoms with Gasteiger partial charge in [-0.2, -0.15) is 0 Å². The van der Waals surface area contributed by atoms with Gasteiger partial charge in [-0.1, -0.05) is 0 Å². The third-order valence-electron chi connectivity index (χ3n) is 2.38. The minimum absolute atomic E-state index is 0.0754. The van der Waals surface area contributed by atoms with Crippen LogP contribution in [0, 0.1) is 6.92 Å². The zero-order valence-electron chi connectivity index (χ0n) is 10.2. The van der Waals surface area contributed by atoms with E-state index in [-0.39, 0.29) is 11.0 Å². The second kappa shape index (κ2) is 5.46. The van der Waals surface area contributed by atoms with Gasteiger partial charge in [-0.15, -0.1) is 11.3 Å². The number of halogens is 1. The van der Waals surface area contributed by atoms with Crippen LogP contribution in [-0.4, -0.2) is 19.0 Å². The molecule has 0 unspecified atom stereocenters. The number of aryl methyl sites for hydroxylation is 1. The highest BCUT2D eigenvalue weighted by atomic mass is 35.5. The quantitative estimate of drug-likeness (QED) is 0.883. The average Bonchev–Trinajstić information content (AvgIpc) is 2.96. The van der Waals surface area contributed by atoms with Gasteiger partial charge in [0.05, 0.1) is 12.8 Å². The Balaban J connectivity index is 2.26. The number of thiophene rings is 1. The summed E-state index contributed by atoms with van der Waals surface area (Å²) in [6.07, 6.45) is 0. The lowest BCUT2D eigenvalue weighted by atomic mass is 10.2. The van der Waals surface area contributed by atoms with Gasteiger partial charge >= 0.3 is 5.97 Å². The zero-order valence-corrected chi connectivity index (χ0v) is 11.7. The highest BCUT2D eigenvalue weighted by Gasteiger charge is 2.20. The number of nitrogens with one attached hydrogen (secondary N) is 1. The maximum atomic E-state index is 11.9.